The van der Waals surface area contributed by atoms with Crippen LogP contribution in [0.25, 0.3) is 0 Å². The Labute approximate surface area is 187 Å². The molecule has 2 fully saturated rings. The second-order valence-electron chi connectivity index (χ2n) is 7.97. The van der Waals surface area contributed by atoms with E-state index >= 15 is 0 Å². The van der Waals surface area contributed by atoms with E-state index in [-0.39, 0.29) is 30.4 Å². The molecular weight excluding hydrogens is 416 g/mol. The molecule has 0 saturated carbocycles. The Hall–Kier alpha value is -2.41. The number of hydrogen-bond donors (Lipinski definition) is 1. The second kappa shape index (κ2) is 10.3. The van der Waals surface area contributed by atoms with Crippen molar-refractivity contribution in [2.45, 2.75) is 31.6 Å². The van der Waals surface area contributed by atoms with Gasteiger partial charge in [0.2, 0.25) is 5.91 Å². The van der Waals surface area contributed by atoms with Crippen molar-refractivity contribution in [3.05, 3.63) is 70.7 Å². The molecule has 2 amide bonds. The van der Waals surface area contributed by atoms with Gasteiger partial charge in [0.05, 0.1) is 36.3 Å². The van der Waals surface area contributed by atoms with E-state index in [1.54, 1.807) is 24.3 Å². The number of benzene rings is 2. The van der Waals surface area contributed by atoms with Crippen LogP contribution in [-0.4, -0.2) is 49.3 Å². The molecular formula is C24H27ClN2O4. The fourth-order valence-electron chi connectivity index (χ4n) is 4.23. The maximum absolute atomic E-state index is 13.2. The highest BCUT2D eigenvalue weighted by Crippen LogP contribution is 2.27. The number of carbonyl (C=O) groups excluding carboxylic acids is 2. The molecule has 2 aliphatic rings. The molecule has 2 atom stereocenters. The van der Waals surface area contributed by atoms with Gasteiger partial charge >= 0.3 is 0 Å². The van der Waals surface area contributed by atoms with E-state index in [0.29, 0.717) is 36.9 Å². The summed E-state index contributed by atoms with van der Waals surface area (Å²) in [6.07, 6.45) is 1.86. The van der Waals surface area contributed by atoms with E-state index in [1.165, 1.54) is 0 Å². The molecule has 7 heteroatoms. The standard InChI is InChI=1S/C24H27ClN2O4/c25-20-11-5-4-10-19(20)23(29)26-21(17-7-2-1-3-8-17)15-22(28)27-12-6-9-18(16-27)24-30-13-14-31-24/h1-5,7-8,10-11,18,21,24H,6,9,12-16H2,(H,26,29). The molecule has 2 aliphatic heterocycles. The minimum atomic E-state index is -0.447. The van der Waals surface area contributed by atoms with Gasteiger partial charge in [-0.25, -0.2) is 0 Å². The molecule has 164 valence electrons. The lowest BCUT2D eigenvalue weighted by atomic mass is 9.96. The third kappa shape index (κ3) is 5.45. The quantitative estimate of drug-likeness (QED) is 0.738. The van der Waals surface area contributed by atoms with Crippen LogP contribution in [-0.2, 0) is 14.3 Å². The number of likely N-dealkylation sites (tertiary alicyclic amines) is 1. The third-order valence-electron chi connectivity index (χ3n) is 5.85. The minimum absolute atomic E-state index is 0.0102. The van der Waals surface area contributed by atoms with Gasteiger partial charge in [-0.15, -0.1) is 0 Å². The number of hydrogen-bond acceptors (Lipinski definition) is 4. The maximum atomic E-state index is 13.2. The molecule has 2 aromatic rings. The first-order chi connectivity index (χ1) is 15.1. The first-order valence-corrected chi connectivity index (χ1v) is 11.1. The average Bonchev–Trinajstić information content (AvgIpc) is 3.34. The Bertz CT molecular complexity index is 901. The van der Waals surface area contributed by atoms with Crippen LogP contribution in [0.5, 0.6) is 0 Å². The Kier molecular flexibility index (Phi) is 7.22. The van der Waals surface area contributed by atoms with Crippen molar-refractivity contribution in [3.63, 3.8) is 0 Å². The highest BCUT2D eigenvalue weighted by Gasteiger charge is 2.33. The minimum Gasteiger partial charge on any atom is -0.350 e. The van der Waals surface area contributed by atoms with E-state index in [4.69, 9.17) is 21.1 Å². The number of nitrogens with one attached hydrogen (secondary N) is 1. The van der Waals surface area contributed by atoms with E-state index in [1.807, 2.05) is 35.2 Å². The van der Waals surface area contributed by atoms with Crippen molar-refractivity contribution in [2.75, 3.05) is 26.3 Å². The smallest absolute Gasteiger partial charge is 0.253 e. The second-order valence-corrected chi connectivity index (χ2v) is 8.38. The Morgan fingerprint density at radius 3 is 2.52 bits per heavy atom. The predicted octanol–water partition coefficient (Wildman–Crippen LogP) is 3.81. The summed E-state index contributed by atoms with van der Waals surface area (Å²) < 4.78 is 11.3. The molecule has 1 N–H and O–H groups in total. The average molecular weight is 443 g/mol. The lowest BCUT2D eigenvalue weighted by molar-refractivity contribution is -0.139. The fraction of sp³-hybridized carbons (Fsp3) is 0.417. The van der Waals surface area contributed by atoms with E-state index in [2.05, 4.69) is 5.32 Å². The van der Waals surface area contributed by atoms with Crippen LogP contribution in [0.4, 0.5) is 0 Å². The molecule has 0 aliphatic carbocycles. The zero-order chi connectivity index (χ0) is 21.6. The lowest BCUT2D eigenvalue weighted by Crippen LogP contribution is -2.45. The van der Waals surface area contributed by atoms with Gasteiger partial charge in [0.15, 0.2) is 6.29 Å². The van der Waals surface area contributed by atoms with E-state index < -0.39 is 6.04 Å². The normalized spacial score (nSPS) is 20.4. The van der Waals surface area contributed by atoms with Crippen LogP contribution in [0.1, 0.15) is 41.2 Å². The highest BCUT2D eigenvalue weighted by atomic mass is 35.5. The van der Waals surface area contributed by atoms with Crippen LogP contribution in [0.2, 0.25) is 5.02 Å². The lowest BCUT2D eigenvalue weighted by Gasteiger charge is -2.35. The Morgan fingerprint density at radius 1 is 1.06 bits per heavy atom. The molecule has 2 saturated heterocycles. The van der Waals surface area contributed by atoms with Crippen molar-refractivity contribution in [3.8, 4) is 0 Å². The number of ether oxygens (including phenoxy) is 2. The Morgan fingerprint density at radius 2 is 1.77 bits per heavy atom. The third-order valence-corrected chi connectivity index (χ3v) is 6.18. The topological polar surface area (TPSA) is 67.9 Å². The highest BCUT2D eigenvalue weighted by molar-refractivity contribution is 6.33. The van der Waals surface area contributed by atoms with Gasteiger partial charge in [-0.05, 0) is 30.5 Å². The number of carbonyl (C=O) groups is 2. The summed E-state index contributed by atoms with van der Waals surface area (Å²) in [5.41, 5.74) is 1.28. The summed E-state index contributed by atoms with van der Waals surface area (Å²) in [5.74, 6) is -0.0966. The van der Waals surface area contributed by atoms with Crippen molar-refractivity contribution < 1.29 is 19.1 Å². The molecule has 0 spiro atoms. The first kappa shape index (κ1) is 21.8. The molecule has 0 aromatic heterocycles. The molecule has 31 heavy (non-hydrogen) atoms. The fourth-order valence-corrected chi connectivity index (χ4v) is 4.45. The summed E-state index contributed by atoms with van der Waals surface area (Å²) in [6, 6.07) is 16.0. The molecule has 4 rings (SSSR count). The van der Waals surface area contributed by atoms with E-state index in [9.17, 15) is 9.59 Å². The summed E-state index contributed by atoms with van der Waals surface area (Å²) in [7, 11) is 0. The Balaban J connectivity index is 1.46. The van der Waals surface area contributed by atoms with Crippen molar-refractivity contribution in [1.29, 1.82) is 0 Å². The summed E-state index contributed by atoms with van der Waals surface area (Å²) in [5, 5.41) is 3.39. The zero-order valence-corrected chi connectivity index (χ0v) is 18.1. The number of halogens is 1. The molecule has 0 radical (unpaired) electrons. The SMILES string of the molecule is O=C(NC(CC(=O)N1CCCC(C2OCCO2)C1)c1ccccc1)c1ccccc1Cl. The number of amides is 2. The van der Waals surface area contributed by atoms with Crippen LogP contribution < -0.4 is 5.32 Å². The number of piperidine rings is 1. The van der Waals surface area contributed by atoms with Gasteiger partial charge < -0.3 is 19.7 Å². The number of rotatable bonds is 6. The summed E-state index contributed by atoms with van der Waals surface area (Å²) in [4.78, 5) is 27.9. The summed E-state index contributed by atoms with van der Waals surface area (Å²) >= 11 is 6.19. The van der Waals surface area contributed by atoms with Gasteiger partial charge in [0, 0.05) is 19.0 Å². The van der Waals surface area contributed by atoms with Crippen LogP contribution >= 0.6 is 11.6 Å². The van der Waals surface area contributed by atoms with Gasteiger partial charge in [-0.1, -0.05) is 54.1 Å². The van der Waals surface area contributed by atoms with Gasteiger partial charge in [-0.2, -0.15) is 0 Å². The largest absolute Gasteiger partial charge is 0.350 e. The van der Waals surface area contributed by atoms with E-state index in [0.717, 1.165) is 18.4 Å². The first-order valence-electron chi connectivity index (χ1n) is 10.7. The molecule has 6 nitrogen and oxygen atoms in total. The summed E-state index contributed by atoms with van der Waals surface area (Å²) in [6.45, 7) is 2.55. The maximum Gasteiger partial charge on any atom is 0.253 e. The van der Waals surface area contributed by atoms with Crippen LogP contribution in [0, 0.1) is 5.92 Å². The number of nitrogens with zero attached hydrogens (tertiary/aromatic N) is 1. The van der Waals surface area contributed by atoms with Crippen LogP contribution in [0.15, 0.2) is 54.6 Å². The molecule has 2 aromatic carbocycles. The van der Waals surface area contributed by atoms with Gasteiger partial charge in [0.25, 0.3) is 5.91 Å². The molecule has 0 bridgehead atoms. The van der Waals surface area contributed by atoms with Crippen LogP contribution in [0.3, 0.4) is 0 Å². The van der Waals surface area contributed by atoms with Crippen molar-refractivity contribution in [1.82, 2.24) is 10.2 Å². The molecule has 2 unspecified atom stereocenters. The molecule has 2 heterocycles. The van der Waals surface area contributed by atoms with Gasteiger partial charge in [-0.3, -0.25) is 9.59 Å². The monoisotopic (exact) mass is 442 g/mol. The predicted molar refractivity (Wildman–Crippen MR) is 118 cm³/mol. The zero-order valence-electron chi connectivity index (χ0n) is 17.3. The van der Waals surface area contributed by atoms with Crippen molar-refractivity contribution >= 4 is 23.4 Å². The van der Waals surface area contributed by atoms with Gasteiger partial charge in [0.1, 0.15) is 0 Å². The van der Waals surface area contributed by atoms with Crippen molar-refractivity contribution in [2.24, 2.45) is 5.92 Å².